The maximum Gasteiger partial charge on any atom is 0.329 e. The summed E-state index contributed by atoms with van der Waals surface area (Å²) in [5.74, 6) is 0. The van der Waals surface area contributed by atoms with Gasteiger partial charge in [-0.3, -0.25) is 14.3 Å². The standard InChI is InChI=1S/C14H10BrFN2O2S/c15-9-3-1-8(2-4-9)10-7-21-12-11(10)13(19)18(6-5-16)14(20)17-12/h1-4,7H,5-6H2,(H,17,20). The Morgan fingerprint density at radius 2 is 1.95 bits per heavy atom. The number of alkyl halides is 1. The molecule has 0 radical (unpaired) electrons. The SMILES string of the molecule is O=c1[nH]c2scc(-c3ccc(Br)cc3)c2c(=O)n1CCF. The molecule has 0 atom stereocenters. The van der Waals surface area contributed by atoms with Gasteiger partial charge in [-0.25, -0.2) is 9.18 Å². The topological polar surface area (TPSA) is 54.9 Å². The van der Waals surface area contributed by atoms with Crippen LogP contribution < -0.4 is 11.2 Å². The number of fused-ring (bicyclic) bond motifs is 1. The molecule has 0 fully saturated rings. The average molecular weight is 369 g/mol. The van der Waals surface area contributed by atoms with Crippen LogP contribution in [0.3, 0.4) is 0 Å². The molecule has 108 valence electrons. The number of rotatable bonds is 3. The number of H-pyrrole nitrogens is 1. The summed E-state index contributed by atoms with van der Waals surface area (Å²) in [4.78, 5) is 27.4. The van der Waals surface area contributed by atoms with Crippen molar-refractivity contribution in [3.05, 3.63) is 55.0 Å². The number of nitrogens with zero attached hydrogens (tertiary/aromatic N) is 1. The van der Waals surface area contributed by atoms with Crippen molar-refractivity contribution in [2.24, 2.45) is 0 Å². The summed E-state index contributed by atoms with van der Waals surface area (Å²) in [6.07, 6.45) is 0. The first-order valence-electron chi connectivity index (χ1n) is 6.18. The fourth-order valence-corrected chi connectivity index (χ4v) is 3.40. The van der Waals surface area contributed by atoms with Gasteiger partial charge >= 0.3 is 5.69 Å². The van der Waals surface area contributed by atoms with E-state index in [-0.39, 0.29) is 6.54 Å². The van der Waals surface area contributed by atoms with Crippen LogP contribution in [0.2, 0.25) is 0 Å². The van der Waals surface area contributed by atoms with Gasteiger partial charge in [-0.2, -0.15) is 0 Å². The molecular formula is C14H10BrFN2O2S. The minimum atomic E-state index is -0.758. The normalized spacial score (nSPS) is 11.1. The highest BCUT2D eigenvalue weighted by Gasteiger charge is 2.14. The van der Waals surface area contributed by atoms with Crippen LogP contribution in [-0.4, -0.2) is 16.2 Å². The Morgan fingerprint density at radius 1 is 1.24 bits per heavy atom. The summed E-state index contributed by atoms with van der Waals surface area (Å²) in [7, 11) is 0. The fraction of sp³-hybridized carbons (Fsp3) is 0.143. The van der Waals surface area contributed by atoms with Crippen molar-refractivity contribution in [3.63, 3.8) is 0 Å². The molecule has 0 aliphatic heterocycles. The Balaban J connectivity index is 2.30. The van der Waals surface area contributed by atoms with Gasteiger partial charge in [0, 0.05) is 15.4 Å². The van der Waals surface area contributed by atoms with E-state index in [1.807, 2.05) is 29.6 Å². The summed E-state index contributed by atoms with van der Waals surface area (Å²) >= 11 is 4.66. The van der Waals surface area contributed by atoms with Crippen molar-refractivity contribution in [2.45, 2.75) is 6.54 Å². The number of aromatic amines is 1. The van der Waals surface area contributed by atoms with Crippen molar-refractivity contribution in [1.29, 1.82) is 0 Å². The first-order valence-corrected chi connectivity index (χ1v) is 7.85. The zero-order chi connectivity index (χ0) is 15.0. The molecule has 21 heavy (non-hydrogen) atoms. The van der Waals surface area contributed by atoms with E-state index in [1.165, 1.54) is 11.3 Å². The maximum absolute atomic E-state index is 12.5. The number of hydrogen-bond acceptors (Lipinski definition) is 3. The van der Waals surface area contributed by atoms with E-state index in [4.69, 9.17) is 0 Å². The third-order valence-electron chi connectivity index (χ3n) is 3.18. The lowest BCUT2D eigenvalue weighted by atomic mass is 10.1. The van der Waals surface area contributed by atoms with E-state index < -0.39 is 17.9 Å². The molecule has 2 aromatic heterocycles. The van der Waals surface area contributed by atoms with Crippen LogP contribution in [0.4, 0.5) is 4.39 Å². The summed E-state index contributed by atoms with van der Waals surface area (Å²) in [5, 5.41) is 2.25. The second-order valence-electron chi connectivity index (χ2n) is 4.44. The molecule has 0 spiro atoms. The Kier molecular flexibility index (Phi) is 3.77. The molecule has 0 bridgehead atoms. The summed E-state index contributed by atoms with van der Waals surface area (Å²) in [6.45, 7) is -0.994. The number of halogens is 2. The van der Waals surface area contributed by atoms with Crippen molar-refractivity contribution < 1.29 is 4.39 Å². The first kappa shape index (κ1) is 14.2. The lowest BCUT2D eigenvalue weighted by molar-refractivity contribution is 0.434. The number of nitrogens with one attached hydrogen (secondary N) is 1. The van der Waals surface area contributed by atoms with E-state index in [1.54, 1.807) is 0 Å². The summed E-state index contributed by atoms with van der Waals surface area (Å²) in [5.41, 5.74) is 0.594. The van der Waals surface area contributed by atoms with Crippen LogP contribution in [-0.2, 0) is 6.54 Å². The zero-order valence-corrected chi connectivity index (χ0v) is 13.1. The molecule has 0 saturated heterocycles. The molecule has 0 saturated carbocycles. The zero-order valence-electron chi connectivity index (χ0n) is 10.7. The Morgan fingerprint density at radius 3 is 2.62 bits per heavy atom. The second-order valence-corrected chi connectivity index (χ2v) is 6.23. The predicted octanol–water partition coefficient (Wildman–Crippen LogP) is 3.15. The molecule has 3 rings (SSSR count). The molecule has 3 aromatic rings. The third-order valence-corrected chi connectivity index (χ3v) is 4.60. The minimum Gasteiger partial charge on any atom is -0.298 e. The van der Waals surface area contributed by atoms with E-state index in [2.05, 4.69) is 20.9 Å². The fourth-order valence-electron chi connectivity index (χ4n) is 2.18. The Bertz CT molecular complexity index is 911. The highest BCUT2D eigenvalue weighted by atomic mass is 79.9. The van der Waals surface area contributed by atoms with Crippen LogP contribution in [0.5, 0.6) is 0 Å². The van der Waals surface area contributed by atoms with Gasteiger partial charge in [-0.15, -0.1) is 11.3 Å². The van der Waals surface area contributed by atoms with Gasteiger partial charge in [0.05, 0.1) is 11.9 Å². The van der Waals surface area contributed by atoms with Gasteiger partial charge in [-0.05, 0) is 17.7 Å². The number of benzene rings is 1. The van der Waals surface area contributed by atoms with Crippen molar-refractivity contribution >= 4 is 37.5 Å². The van der Waals surface area contributed by atoms with Gasteiger partial charge in [0.25, 0.3) is 5.56 Å². The monoisotopic (exact) mass is 368 g/mol. The summed E-state index contributed by atoms with van der Waals surface area (Å²) in [6, 6.07) is 7.53. The molecule has 1 N–H and O–H groups in total. The molecule has 0 unspecified atom stereocenters. The van der Waals surface area contributed by atoms with Gasteiger partial charge in [0.2, 0.25) is 0 Å². The minimum absolute atomic E-state index is 0.236. The molecule has 0 amide bonds. The molecule has 4 nitrogen and oxygen atoms in total. The summed E-state index contributed by atoms with van der Waals surface area (Å²) < 4.78 is 14.4. The number of hydrogen-bond donors (Lipinski definition) is 1. The Labute approximate surface area is 131 Å². The van der Waals surface area contributed by atoms with Crippen LogP contribution in [0.25, 0.3) is 21.3 Å². The lowest BCUT2D eigenvalue weighted by Gasteiger charge is -2.03. The van der Waals surface area contributed by atoms with Crippen molar-refractivity contribution in [3.8, 4) is 11.1 Å². The molecule has 0 aliphatic carbocycles. The lowest BCUT2D eigenvalue weighted by Crippen LogP contribution is -2.35. The maximum atomic E-state index is 12.5. The van der Waals surface area contributed by atoms with Crippen molar-refractivity contribution in [1.82, 2.24) is 9.55 Å². The van der Waals surface area contributed by atoms with Crippen LogP contribution in [0.15, 0.2) is 43.7 Å². The van der Waals surface area contributed by atoms with Gasteiger partial charge < -0.3 is 0 Å². The van der Waals surface area contributed by atoms with Gasteiger partial charge in [-0.1, -0.05) is 28.1 Å². The van der Waals surface area contributed by atoms with E-state index in [0.717, 1.165) is 20.2 Å². The van der Waals surface area contributed by atoms with Gasteiger partial charge in [0.1, 0.15) is 11.5 Å². The molecule has 7 heteroatoms. The van der Waals surface area contributed by atoms with Crippen LogP contribution in [0.1, 0.15) is 0 Å². The highest BCUT2D eigenvalue weighted by molar-refractivity contribution is 9.10. The van der Waals surface area contributed by atoms with Crippen molar-refractivity contribution in [2.75, 3.05) is 6.67 Å². The highest BCUT2D eigenvalue weighted by Crippen LogP contribution is 2.30. The molecule has 0 aliphatic rings. The van der Waals surface area contributed by atoms with Crippen LogP contribution in [0, 0.1) is 0 Å². The van der Waals surface area contributed by atoms with E-state index >= 15 is 0 Å². The van der Waals surface area contributed by atoms with E-state index in [0.29, 0.717) is 10.2 Å². The second kappa shape index (κ2) is 5.57. The molecule has 1 aromatic carbocycles. The quantitative estimate of drug-likeness (QED) is 0.771. The average Bonchev–Trinajstić information content (AvgIpc) is 2.88. The van der Waals surface area contributed by atoms with E-state index in [9.17, 15) is 14.0 Å². The number of aromatic nitrogens is 2. The Hall–Kier alpha value is -1.73. The smallest absolute Gasteiger partial charge is 0.298 e. The largest absolute Gasteiger partial charge is 0.329 e. The predicted molar refractivity (Wildman–Crippen MR) is 85.8 cm³/mol. The number of thiophene rings is 1. The van der Waals surface area contributed by atoms with Gasteiger partial charge in [0.15, 0.2) is 0 Å². The molecule has 2 heterocycles. The third kappa shape index (κ3) is 2.47. The first-order chi connectivity index (χ1) is 10.1. The molecular weight excluding hydrogens is 359 g/mol. The van der Waals surface area contributed by atoms with Crippen LogP contribution >= 0.6 is 27.3 Å².